The third kappa shape index (κ3) is 2.55. The summed E-state index contributed by atoms with van der Waals surface area (Å²) in [6.45, 7) is 1.96. The Bertz CT molecular complexity index is 555. The molecule has 2 N–H and O–H groups in total. The van der Waals surface area contributed by atoms with E-state index in [0.717, 1.165) is 11.1 Å². The van der Waals surface area contributed by atoms with Crippen molar-refractivity contribution >= 4 is 38.9 Å². The number of rotatable bonds is 2. The lowest BCUT2D eigenvalue weighted by Crippen LogP contribution is -2.14. The maximum Gasteiger partial charge on any atom is 0.129 e. The van der Waals surface area contributed by atoms with Gasteiger partial charge >= 0.3 is 0 Å². The van der Waals surface area contributed by atoms with Crippen LogP contribution in [0.3, 0.4) is 0 Å². The van der Waals surface area contributed by atoms with Crippen LogP contribution in [-0.2, 0) is 0 Å². The molecule has 0 saturated heterocycles. The Hall–Kier alpha value is -0.420. The summed E-state index contributed by atoms with van der Waals surface area (Å²) in [4.78, 5) is 0. The van der Waals surface area contributed by atoms with E-state index >= 15 is 0 Å². The normalized spacial score (nSPS) is 12.8. The summed E-state index contributed by atoms with van der Waals surface area (Å²) in [5, 5.41) is 4.40. The van der Waals surface area contributed by atoms with Crippen molar-refractivity contribution in [2.45, 2.75) is 13.0 Å². The van der Waals surface area contributed by atoms with Crippen molar-refractivity contribution in [1.82, 2.24) is 0 Å². The molecule has 0 aliphatic carbocycles. The molecule has 5 heteroatoms. The predicted molar refractivity (Wildman–Crippen MR) is 74.2 cm³/mol. The molecule has 1 nitrogen and oxygen atoms in total. The number of halogens is 3. The van der Waals surface area contributed by atoms with Crippen LogP contribution in [0.1, 0.15) is 22.7 Å². The van der Waals surface area contributed by atoms with E-state index in [1.54, 1.807) is 17.4 Å². The van der Waals surface area contributed by atoms with Gasteiger partial charge in [-0.2, -0.15) is 11.3 Å². The van der Waals surface area contributed by atoms with Crippen molar-refractivity contribution in [2.75, 3.05) is 0 Å². The predicted octanol–water partition coefficient (Wildman–Crippen LogP) is 4.66. The van der Waals surface area contributed by atoms with Gasteiger partial charge in [-0.25, -0.2) is 4.39 Å². The van der Waals surface area contributed by atoms with Gasteiger partial charge in [0.15, 0.2) is 0 Å². The van der Waals surface area contributed by atoms with Crippen LogP contribution in [0.15, 0.2) is 27.4 Å². The Labute approximate surface area is 117 Å². The van der Waals surface area contributed by atoms with E-state index in [-0.39, 0.29) is 5.82 Å². The first-order valence-electron chi connectivity index (χ1n) is 4.93. The van der Waals surface area contributed by atoms with Crippen LogP contribution in [0.5, 0.6) is 0 Å². The van der Waals surface area contributed by atoms with Crippen molar-refractivity contribution in [1.29, 1.82) is 0 Å². The van der Waals surface area contributed by atoms with Gasteiger partial charge in [-0.05, 0) is 56.9 Å². The maximum absolute atomic E-state index is 13.8. The molecule has 1 aromatic carbocycles. The molecule has 0 bridgehead atoms. The highest BCUT2D eigenvalue weighted by atomic mass is 79.9. The first kappa shape index (κ1) is 13.0. The zero-order chi connectivity index (χ0) is 12.6. The Morgan fingerprint density at radius 1 is 1.35 bits per heavy atom. The second kappa shape index (κ2) is 5.06. The van der Waals surface area contributed by atoms with Crippen molar-refractivity contribution < 1.29 is 4.39 Å². The number of aryl methyl sites for hydroxylation is 1. The average Bonchev–Trinajstić information content (AvgIpc) is 2.69. The lowest BCUT2D eigenvalue weighted by atomic mass is 9.99. The van der Waals surface area contributed by atoms with Crippen LogP contribution < -0.4 is 5.73 Å². The molecule has 0 amide bonds. The van der Waals surface area contributed by atoms with E-state index in [9.17, 15) is 4.39 Å². The SMILES string of the molecule is Cc1cscc1C(N)c1cc(Cl)c(Br)cc1F. The lowest BCUT2D eigenvalue weighted by Gasteiger charge is -2.14. The van der Waals surface area contributed by atoms with Crippen LogP contribution in [-0.4, -0.2) is 0 Å². The van der Waals surface area contributed by atoms with Crippen LogP contribution in [0.2, 0.25) is 5.02 Å². The highest BCUT2D eigenvalue weighted by Gasteiger charge is 2.17. The van der Waals surface area contributed by atoms with Gasteiger partial charge in [0.25, 0.3) is 0 Å². The van der Waals surface area contributed by atoms with Gasteiger partial charge in [0.2, 0.25) is 0 Å². The molecule has 1 heterocycles. The monoisotopic (exact) mass is 333 g/mol. The average molecular weight is 335 g/mol. The van der Waals surface area contributed by atoms with Crippen LogP contribution in [0.25, 0.3) is 0 Å². The molecule has 1 unspecified atom stereocenters. The summed E-state index contributed by atoms with van der Waals surface area (Å²) >= 11 is 10.7. The molecule has 0 radical (unpaired) electrons. The van der Waals surface area contributed by atoms with Crippen molar-refractivity contribution in [2.24, 2.45) is 5.73 Å². The molecule has 90 valence electrons. The quantitative estimate of drug-likeness (QED) is 0.794. The van der Waals surface area contributed by atoms with Crippen molar-refractivity contribution in [3.05, 3.63) is 54.9 Å². The molecule has 2 aromatic rings. The largest absolute Gasteiger partial charge is 0.320 e. The molecular weight excluding hydrogens is 325 g/mol. The first-order valence-corrected chi connectivity index (χ1v) is 7.04. The van der Waals surface area contributed by atoms with Gasteiger partial charge in [0.1, 0.15) is 5.82 Å². The van der Waals surface area contributed by atoms with Crippen molar-refractivity contribution in [3.8, 4) is 0 Å². The standard InChI is InChI=1S/C12H10BrClFNS/c1-6-4-17-5-8(6)12(16)7-2-10(14)9(13)3-11(7)15/h2-5,12H,16H2,1H3. The third-order valence-corrected chi connectivity index (χ3v) is 4.68. The molecule has 2 rings (SSSR count). The first-order chi connectivity index (χ1) is 8.00. The van der Waals surface area contributed by atoms with Gasteiger partial charge in [-0.15, -0.1) is 0 Å². The molecule has 17 heavy (non-hydrogen) atoms. The van der Waals surface area contributed by atoms with E-state index in [1.807, 2.05) is 17.7 Å². The second-order valence-electron chi connectivity index (χ2n) is 3.78. The highest BCUT2D eigenvalue weighted by molar-refractivity contribution is 9.10. The summed E-state index contributed by atoms with van der Waals surface area (Å²) in [6.07, 6.45) is 0. The van der Waals surface area contributed by atoms with Gasteiger partial charge in [0.05, 0.1) is 11.1 Å². The van der Waals surface area contributed by atoms with Crippen LogP contribution >= 0.6 is 38.9 Å². The van der Waals surface area contributed by atoms with E-state index < -0.39 is 6.04 Å². The van der Waals surface area contributed by atoms with Gasteiger partial charge in [0, 0.05) is 10.0 Å². The summed E-state index contributed by atoms with van der Waals surface area (Å²) in [7, 11) is 0. The van der Waals surface area contributed by atoms with E-state index in [4.69, 9.17) is 17.3 Å². The summed E-state index contributed by atoms with van der Waals surface area (Å²) in [5.74, 6) is -0.348. The number of nitrogens with two attached hydrogens (primary N) is 1. The van der Waals surface area contributed by atoms with E-state index in [0.29, 0.717) is 15.1 Å². The lowest BCUT2D eigenvalue weighted by molar-refractivity contribution is 0.598. The molecule has 0 aliphatic heterocycles. The fraction of sp³-hybridized carbons (Fsp3) is 0.167. The van der Waals surface area contributed by atoms with Crippen LogP contribution in [0.4, 0.5) is 4.39 Å². The number of thiophene rings is 1. The molecule has 0 aliphatic rings. The summed E-state index contributed by atoms with van der Waals surface area (Å²) < 4.78 is 14.4. The van der Waals surface area contributed by atoms with Gasteiger partial charge < -0.3 is 5.73 Å². The minimum Gasteiger partial charge on any atom is -0.320 e. The fourth-order valence-corrected chi connectivity index (χ4v) is 3.01. The number of hydrogen-bond acceptors (Lipinski definition) is 2. The minimum absolute atomic E-state index is 0.348. The Kier molecular flexibility index (Phi) is 3.88. The molecule has 0 saturated carbocycles. The molecular formula is C12H10BrClFNS. The van der Waals surface area contributed by atoms with Crippen LogP contribution in [0, 0.1) is 12.7 Å². The third-order valence-electron chi connectivity index (χ3n) is 2.60. The van der Waals surface area contributed by atoms with Gasteiger partial charge in [-0.1, -0.05) is 11.6 Å². The number of benzene rings is 1. The molecule has 1 atom stereocenters. The zero-order valence-electron chi connectivity index (χ0n) is 9.01. The minimum atomic E-state index is -0.480. The molecule has 0 spiro atoms. The second-order valence-corrected chi connectivity index (χ2v) is 5.78. The Morgan fingerprint density at radius 2 is 2.06 bits per heavy atom. The zero-order valence-corrected chi connectivity index (χ0v) is 12.2. The van der Waals surface area contributed by atoms with E-state index in [2.05, 4.69) is 15.9 Å². The number of hydrogen-bond donors (Lipinski definition) is 1. The Morgan fingerprint density at radius 3 is 2.65 bits per heavy atom. The summed E-state index contributed by atoms with van der Waals surface area (Å²) in [6, 6.07) is 2.44. The maximum atomic E-state index is 13.8. The fourth-order valence-electron chi connectivity index (χ4n) is 1.63. The molecule has 0 fully saturated rings. The highest BCUT2D eigenvalue weighted by Crippen LogP contribution is 2.32. The Balaban J connectivity index is 2.48. The van der Waals surface area contributed by atoms with E-state index in [1.165, 1.54) is 6.07 Å². The molecule has 1 aromatic heterocycles. The topological polar surface area (TPSA) is 26.0 Å². The smallest absolute Gasteiger partial charge is 0.129 e. The van der Waals surface area contributed by atoms with Crippen molar-refractivity contribution in [3.63, 3.8) is 0 Å². The summed E-state index contributed by atoms with van der Waals surface area (Å²) in [5.41, 5.74) is 8.50. The van der Waals surface area contributed by atoms with Gasteiger partial charge in [-0.3, -0.25) is 0 Å².